The zero-order chi connectivity index (χ0) is 16.4. The number of halogens is 1. The topological polar surface area (TPSA) is 57.4 Å². The molecule has 0 N–H and O–H groups in total. The zero-order valence-corrected chi connectivity index (χ0v) is 14.1. The van der Waals surface area contributed by atoms with Gasteiger partial charge >= 0.3 is 0 Å². The average Bonchev–Trinajstić information content (AvgIpc) is 3.10. The van der Waals surface area contributed by atoms with Crippen LogP contribution in [0, 0.1) is 0 Å². The summed E-state index contributed by atoms with van der Waals surface area (Å²) in [6, 6.07) is 13.5. The lowest BCUT2D eigenvalue weighted by Gasteiger charge is -2.20. The van der Waals surface area contributed by atoms with Crippen LogP contribution in [0.4, 0.5) is 0 Å². The number of ether oxygens (including phenoxy) is 2. The van der Waals surface area contributed by atoms with Crippen molar-refractivity contribution in [1.82, 2.24) is 10.2 Å². The third kappa shape index (κ3) is 3.20. The number of nitrogens with zero attached hydrogens (tertiary/aromatic N) is 2. The Hall–Kier alpha value is -2.18. The molecular formula is C17H13ClN2O3S. The van der Waals surface area contributed by atoms with E-state index in [0.717, 1.165) is 11.1 Å². The third-order valence-corrected chi connectivity index (χ3v) is 4.62. The van der Waals surface area contributed by atoms with Crippen LogP contribution in [0.25, 0.3) is 11.5 Å². The Labute approximate surface area is 147 Å². The predicted molar refractivity (Wildman–Crippen MR) is 91.7 cm³/mol. The van der Waals surface area contributed by atoms with E-state index >= 15 is 0 Å². The first-order chi connectivity index (χ1) is 11.8. The van der Waals surface area contributed by atoms with Gasteiger partial charge in [0.2, 0.25) is 5.89 Å². The molecule has 0 amide bonds. The van der Waals surface area contributed by atoms with Crippen molar-refractivity contribution < 1.29 is 13.9 Å². The Balaban J connectivity index is 1.48. The van der Waals surface area contributed by atoms with Crippen molar-refractivity contribution >= 4 is 23.4 Å². The minimum absolute atomic E-state index is 0.512. The van der Waals surface area contributed by atoms with Crippen molar-refractivity contribution in [1.29, 1.82) is 0 Å². The fraction of sp³-hybridized carbons (Fsp3) is 0.176. The van der Waals surface area contributed by atoms with Gasteiger partial charge in [0.25, 0.3) is 5.22 Å². The van der Waals surface area contributed by atoms with Crippen molar-refractivity contribution in [2.24, 2.45) is 0 Å². The highest BCUT2D eigenvalue weighted by molar-refractivity contribution is 7.98. The normalized spacial score (nSPS) is 13.0. The van der Waals surface area contributed by atoms with E-state index in [9.17, 15) is 0 Å². The van der Waals surface area contributed by atoms with E-state index in [4.69, 9.17) is 25.5 Å². The van der Waals surface area contributed by atoms with Crippen LogP contribution < -0.4 is 9.47 Å². The quantitative estimate of drug-likeness (QED) is 0.640. The molecule has 0 saturated carbocycles. The van der Waals surface area contributed by atoms with Gasteiger partial charge in [-0.2, -0.15) is 0 Å². The van der Waals surface area contributed by atoms with Crippen LogP contribution in [0.2, 0.25) is 5.02 Å². The van der Waals surface area contributed by atoms with E-state index < -0.39 is 0 Å². The second kappa shape index (κ2) is 6.75. The SMILES string of the molecule is Clc1cc(CSc2nnc(-c3ccccc3)o2)cc2c1OCCO2. The second-order valence-electron chi connectivity index (χ2n) is 5.13. The second-order valence-corrected chi connectivity index (χ2v) is 6.46. The van der Waals surface area contributed by atoms with Gasteiger partial charge in [0, 0.05) is 11.3 Å². The molecule has 24 heavy (non-hydrogen) atoms. The number of thioether (sulfide) groups is 1. The van der Waals surface area contributed by atoms with Crippen LogP contribution in [0.5, 0.6) is 11.5 Å². The van der Waals surface area contributed by atoms with Crippen LogP contribution in [0.1, 0.15) is 5.56 Å². The molecule has 0 atom stereocenters. The van der Waals surface area contributed by atoms with Gasteiger partial charge in [0.15, 0.2) is 11.5 Å². The number of hydrogen-bond donors (Lipinski definition) is 0. The number of fused-ring (bicyclic) bond motifs is 1. The van der Waals surface area contributed by atoms with Crippen molar-refractivity contribution in [3.05, 3.63) is 53.1 Å². The summed E-state index contributed by atoms with van der Waals surface area (Å²) in [5, 5.41) is 9.22. The highest BCUT2D eigenvalue weighted by Crippen LogP contribution is 2.39. The largest absolute Gasteiger partial charge is 0.486 e. The lowest BCUT2D eigenvalue weighted by Crippen LogP contribution is -2.15. The monoisotopic (exact) mass is 360 g/mol. The maximum atomic E-state index is 6.25. The van der Waals surface area contributed by atoms with Crippen LogP contribution in [0.15, 0.2) is 52.1 Å². The van der Waals surface area contributed by atoms with Gasteiger partial charge in [0.05, 0.1) is 5.02 Å². The van der Waals surface area contributed by atoms with E-state index in [2.05, 4.69) is 10.2 Å². The molecule has 7 heteroatoms. The van der Waals surface area contributed by atoms with Crippen molar-refractivity contribution in [2.75, 3.05) is 13.2 Å². The van der Waals surface area contributed by atoms with Gasteiger partial charge in [-0.15, -0.1) is 10.2 Å². The van der Waals surface area contributed by atoms with Crippen LogP contribution in [-0.4, -0.2) is 23.4 Å². The molecule has 0 bridgehead atoms. The molecule has 0 fully saturated rings. The molecule has 4 rings (SSSR count). The van der Waals surface area contributed by atoms with Gasteiger partial charge in [-0.1, -0.05) is 41.6 Å². The summed E-state index contributed by atoms with van der Waals surface area (Å²) < 4.78 is 16.8. The Morgan fingerprint density at radius 3 is 2.75 bits per heavy atom. The molecule has 0 aliphatic carbocycles. The molecule has 5 nitrogen and oxygen atoms in total. The molecule has 3 aromatic rings. The number of benzene rings is 2. The van der Waals surface area contributed by atoms with Gasteiger partial charge in [-0.3, -0.25) is 0 Å². The molecule has 1 aromatic heterocycles. The summed E-state index contributed by atoms with van der Waals surface area (Å²) in [6.45, 7) is 1.05. The molecule has 2 aromatic carbocycles. The molecule has 2 heterocycles. The van der Waals surface area contributed by atoms with Crippen LogP contribution in [-0.2, 0) is 5.75 Å². The number of aromatic nitrogens is 2. The third-order valence-electron chi connectivity index (χ3n) is 3.45. The summed E-state index contributed by atoms with van der Waals surface area (Å²) in [5.41, 5.74) is 1.91. The number of hydrogen-bond acceptors (Lipinski definition) is 6. The van der Waals surface area contributed by atoms with Gasteiger partial charge < -0.3 is 13.9 Å². The van der Waals surface area contributed by atoms with Gasteiger partial charge in [-0.05, 0) is 29.8 Å². The summed E-state index contributed by atoms with van der Waals surface area (Å²) in [5.74, 6) is 2.45. The first kappa shape index (κ1) is 15.4. The van der Waals surface area contributed by atoms with Crippen LogP contribution >= 0.6 is 23.4 Å². The highest BCUT2D eigenvalue weighted by atomic mass is 35.5. The summed E-state index contributed by atoms with van der Waals surface area (Å²) in [4.78, 5) is 0. The van der Waals surface area contributed by atoms with E-state index in [1.807, 2.05) is 42.5 Å². The smallest absolute Gasteiger partial charge is 0.277 e. The summed E-state index contributed by atoms with van der Waals surface area (Å²) >= 11 is 7.70. The Bertz CT molecular complexity index is 854. The first-order valence-corrected chi connectivity index (χ1v) is 8.76. The maximum absolute atomic E-state index is 6.25. The van der Waals surface area contributed by atoms with E-state index in [0.29, 0.717) is 46.6 Å². The van der Waals surface area contributed by atoms with Gasteiger partial charge in [-0.25, -0.2) is 0 Å². The van der Waals surface area contributed by atoms with Crippen molar-refractivity contribution in [3.8, 4) is 23.0 Å². The lowest BCUT2D eigenvalue weighted by molar-refractivity contribution is 0.171. The Kier molecular flexibility index (Phi) is 4.32. The van der Waals surface area contributed by atoms with E-state index in [1.165, 1.54) is 11.8 Å². The average molecular weight is 361 g/mol. The molecule has 1 aliphatic rings. The fourth-order valence-electron chi connectivity index (χ4n) is 2.36. The predicted octanol–water partition coefficient (Wildman–Crippen LogP) is 4.45. The molecule has 0 spiro atoms. The first-order valence-electron chi connectivity index (χ1n) is 7.39. The molecular weight excluding hydrogens is 348 g/mol. The molecule has 0 unspecified atom stereocenters. The summed E-state index contributed by atoms with van der Waals surface area (Å²) in [6.07, 6.45) is 0. The highest BCUT2D eigenvalue weighted by Gasteiger charge is 2.17. The van der Waals surface area contributed by atoms with E-state index in [-0.39, 0.29) is 0 Å². The standard InChI is InChI=1S/C17H13ClN2O3S/c18-13-8-11(9-14-15(13)22-7-6-21-14)10-24-17-20-19-16(23-17)12-4-2-1-3-5-12/h1-5,8-9H,6-7,10H2. The Morgan fingerprint density at radius 1 is 1.04 bits per heavy atom. The fourth-order valence-corrected chi connectivity index (χ4v) is 3.34. The molecule has 122 valence electrons. The van der Waals surface area contributed by atoms with Gasteiger partial charge in [0.1, 0.15) is 13.2 Å². The molecule has 0 radical (unpaired) electrons. The number of rotatable bonds is 4. The Morgan fingerprint density at radius 2 is 1.88 bits per heavy atom. The summed E-state index contributed by atoms with van der Waals surface area (Å²) in [7, 11) is 0. The maximum Gasteiger partial charge on any atom is 0.277 e. The minimum atomic E-state index is 0.512. The van der Waals surface area contributed by atoms with Crippen molar-refractivity contribution in [2.45, 2.75) is 11.0 Å². The molecule has 1 aliphatic heterocycles. The molecule has 0 saturated heterocycles. The van der Waals surface area contributed by atoms with Crippen molar-refractivity contribution in [3.63, 3.8) is 0 Å². The van der Waals surface area contributed by atoms with Crippen LogP contribution in [0.3, 0.4) is 0 Å². The lowest BCUT2D eigenvalue weighted by atomic mass is 10.2. The minimum Gasteiger partial charge on any atom is -0.486 e. The zero-order valence-electron chi connectivity index (χ0n) is 12.6. The van der Waals surface area contributed by atoms with E-state index in [1.54, 1.807) is 0 Å².